The van der Waals surface area contributed by atoms with E-state index in [1.165, 1.54) is 0 Å². The van der Waals surface area contributed by atoms with Crippen LogP contribution in [0.3, 0.4) is 0 Å². The molecule has 2 aliphatic heterocycles. The summed E-state index contributed by atoms with van der Waals surface area (Å²) in [6, 6.07) is 5.10. The molecule has 0 saturated carbocycles. The number of nitrogens with two attached hydrogens (primary N) is 1. The number of halogens is 1. The fourth-order valence-corrected chi connectivity index (χ4v) is 7.39. The summed E-state index contributed by atoms with van der Waals surface area (Å²) >= 11 is 7.85. The maximum absolute atomic E-state index is 13.4. The quantitative estimate of drug-likeness (QED) is 0.286. The molecule has 4 N–H and O–H groups in total. The van der Waals surface area contributed by atoms with Crippen LogP contribution in [0.15, 0.2) is 24.3 Å². The molecule has 4 atom stereocenters. The van der Waals surface area contributed by atoms with Crippen LogP contribution in [0.5, 0.6) is 0 Å². The molecular formula is C24H34ClN7O2S. The summed E-state index contributed by atoms with van der Waals surface area (Å²) < 4.78 is -0.219. The van der Waals surface area contributed by atoms with Gasteiger partial charge in [0.2, 0.25) is 11.8 Å². The van der Waals surface area contributed by atoms with Gasteiger partial charge in [-0.05, 0) is 30.5 Å². The van der Waals surface area contributed by atoms with E-state index in [0.29, 0.717) is 16.4 Å². The lowest BCUT2D eigenvalue weighted by Gasteiger charge is -2.44. The van der Waals surface area contributed by atoms with Gasteiger partial charge >= 0.3 is 0 Å². The lowest BCUT2D eigenvalue weighted by Crippen LogP contribution is -2.68. The van der Waals surface area contributed by atoms with Crippen LogP contribution in [0.4, 0.5) is 0 Å². The number of thioether (sulfide) groups is 1. The van der Waals surface area contributed by atoms with Gasteiger partial charge in [-0.2, -0.15) is 5.21 Å². The van der Waals surface area contributed by atoms with Gasteiger partial charge in [0, 0.05) is 9.77 Å². The molecule has 2 aromatic rings. The van der Waals surface area contributed by atoms with Crippen LogP contribution >= 0.6 is 23.4 Å². The van der Waals surface area contributed by atoms with E-state index in [-0.39, 0.29) is 22.1 Å². The largest absolute Gasteiger partial charge is 0.340 e. The normalized spacial score (nSPS) is 23.6. The number of β-lactam (4-membered cyclic amide) rings is 1. The van der Waals surface area contributed by atoms with E-state index in [4.69, 9.17) is 17.3 Å². The molecule has 2 fully saturated rings. The summed E-state index contributed by atoms with van der Waals surface area (Å²) in [6.07, 6.45) is 8.54. The highest BCUT2D eigenvalue weighted by Crippen LogP contribution is 2.61. The Hall–Kier alpha value is -2.17. The second-order valence-corrected chi connectivity index (χ2v) is 11.4. The number of fused-ring (bicyclic) bond motifs is 1. The Labute approximate surface area is 215 Å². The summed E-state index contributed by atoms with van der Waals surface area (Å²) in [4.78, 5) is 28.2. The van der Waals surface area contributed by atoms with Crippen molar-refractivity contribution in [1.29, 1.82) is 0 Å². The zero-order chi connectivity index (χ0) is 25.0. The van der Waals surface area contributed by atoms with Crippen molar-refractivity contribution in [1.82, 2.24) is 30.8 Å². The lowest BCUT2D eigenvalue weighted by molar-refractivity contribution is -0.152. The number of tetrazole rings is 1. The molecule has 3 unspecified atom stereocenters. The fraction of sp³-hybridized carbons (Fsp3) is 0.625. The SMILES string of the molecule is CCCCCC1(CCCCC)S[C@H]2C(NC(=O)C(N)c3cccc(Cl)c3)C(=O)N2C1c1nn[nH]n1. The second kappa shape index (κ2) is 11.3. The topological polar surface area (TPSA) is 130 Å². The Kier molecular flexibility index (Phi) is 8.34. The highest BCUT2D eigenvalue weighted by molar-refractivity contribution is 8.01. The van der Waals surface area contributed by atoms with Crippen LogP contribution < -0.4 is 11.1 Å². The summed E-state index contributed by atoms with van der Waals surface area (Å²) in [7, 11) is 0. The van der Waals surface area contributed by atoms with Crippen molar-refractivity contribution in [2.75, 3.05) is 0 Å². The molecular weight excluding hydrogens is 486 g/mol. The molecule has 11 heteroatoms. The van der Waals surface area contributed by atoms with Crippen LogP contribution in [0.1, 0.15) is 88.7 Å². The number of nitrogens with one attached hydrogen (secondary N) is 2. The molecule has 0 aliphatic carbocycles. The third-order valence-corrected chi connectivity index (χ3v) is 9.09. The van der Waals surface area contributed by atoms with Crippen LogP contribution in [-0.4, -0.2) is 53.5 Å². The molecule has 3 heterocycles. The van der Waals surface area contributed by atoms with Crippen molar-refractivity contribution in [3.8, 4) is 0 Å². The summed E-state index contributed by atoms with van der Waals surface area (Å²) in [5.74, 6) is 0.0231. The van der Waals surface area contributed by atoms with Crippen molar-refractivity contribution >= 4 is 35.2 Å². The van der Waals surface area contributed by atoms with Gasteiger partial charge in [-0.3, -0.25) is 9.59 Å². The highest BCUT2D eigenvalue weighted by Gasteiger charge is 2.65. The first kappa shape index (κ1) is 25.9. The number of benzene rings is 1. The minimum atomic E-state index is -0.908. The molecule has 2 saturated heterocycles. The molecule has 0 spiro atoms. The zero-order valence-corrected chi connectivity index (χ0v) is 21.8. The Morgan fingerprint density at radius 2 is 1.97 bits per heavy atom. The van der Waals surface area contributed by atoms with Crippen LogP contribution in [-0.2, 0) is 9.59 Å². The maximum atomic E-state index is 13.4. The number of H-pyrrole nitrogens is 1. The standard InChI is InChI=1S/C24H34ClN7O2S/c1-3-5-7-12-24(13-8-6-4-2)19(20-28-30-31-29-20)32-22(34)18(23(32)35-24)27-21(33)17(26)15-10-9-11-16(25)14-15/h9-11,14,17-19,23H,3-8,12-13,26H2,1-2H3,(H,27,33)(H,28,29,30,31)/t17?,18?,19?,23-/m0/s1. The van der Waals surface area contributed by atoms with Crippen molar-refractivity contribution in [3.05, 3.63) is 40.7 Å². The molecule has 190 valence electrons. The number of aromatic nitrogens is 4. The number of hydrogen-bond acceptors (Lipinski definition) is 7. The third-order valence-electron chi connectivity index (χ3n) is 7.01. The monoisotopic (exact) mass is 519 g/mol. The van der Waals surface area contributed by atoms with Crippen molar-refractivity contribution < 1.29 is 9.59 Å². The summed E-state index contributed by atoms with van der Waals surface area (Å²) in [6.45, 7) is 4.38. The summed E-state index contributed by atoms with van der Waals surface area (Å²) in [5.41, 5.74) is 6.81. The molecule has 1 aromatic carbocycles. The van der Waals surface area contributed by atoms with E-state index >= 15 is 0 Å². The molecule has 0 radical (unpaired) electrons. The first-order chi connectivity index (χ1) is 16.9. The first-order valence-electron chi connectivity index (χ1n) is 12.5. The predicted molar refractivity (Wildman–Crippen MR) is 136 cm³/mol. The average Bonchev–Trinajstić information content (AvgIpc) is 3.47. The number of carbonyl (C=O) groups is 2. The molecule has 2 aliphatic rings. The molecule has 9 nitrogen and oxygen atoms in total. The predicted octanol–water partition coefficient (Wildman–Crippen LogP) is 3.89. The van der Waals surface area contributed by atoms with E-state index in [0.717, 1.165) is 51.4 Å². The van der Waals surface area contributed by atoms with Gasteiger partial charge in [0.15, 0.2) is 5.82 Å². The van der Waals surface area contributed by atoms with Gasteiger partial charge in [-0.15, -0.1) is 22.0 Å². The second-order valence-electron chi connectivity index (χ2n) is 9.42. The molecule has 4 rings (SSSR count). The van der Waals surface area contributed by atoms with E-state index in [2.05, 4.69) is 39.8 Å². The van der Waals surface area contributed by atoms with Gasteiger partial charge in [0.1, 0.15) is 23.5 Å². The Morgan fingerprint density at radius 3 is 2.57 bits per heavy atom. The molecule has 1 aromatic heterocycles. The number of carbonyl (C=O) groups excluding carboxylic acids is 2. The minimum absolute atomic E-state index is 0.128. The number of unbranched alkanes of at least 4 members (excludes halogenated alkanes) is 4. The molecule has 35 heavy (non-hydrogen) atoms. The average molecular weight is 520 g/mol. The van der Waals surface area contributed by atoms with Gasteiger partial charge < -0.3 is 16.0 Å². The van der Waals surface area contributed by atoms with Crippen molar-refractivity contribution in [2.24, 2.45) is 5.73 Å². The lowest BCUT2D eigenvalue weighted by atomic mass is 9.84. The number of hydrogen-bond donors (Lipinski definition) is 3. The zero-order valence-electron chi connectivity index (χ0n) is 20.2. The van der Waals surface area contributed by atoms with Crippen molar-refractivity contribution in [2.45, 2.75) is 93.5 Å². The maximum Gasteiger partial charge on any atom is 0.249 e. The van der Waals surface area contributed by atoms with Crippen LogP contribution in [0.2, 0.25) is 5.02 Å². The Bertz CT molecular complexity index is 1010. The van der Waals surface area contributed by atoms with Gasteiger partial charge in [-0.1, -0.05) is 81.3 Å². The Morgan fingerprint density at radius 1 is 1.26 bits per heavy atom. The van der Waals surface area contributed by atoms with Gasteiger partial charge in [-0.25, -0.2) is 0 Å². The smallest absolute Gasteiger partial charge is 0.249 e. The Balaban J connectivity index is 1.56. The number of rotatable bonds is 12. The van der Waals surface area contributed by atoms with E-state index in [1.54, 1.807) is 36.0 Å². The van der Waals surface area contributed by atoms with Crippen LogP contribution in [0, 0.1) is 0 Å². The third kappa shape index (κ3) is 5.20. The number of amides is 2. The van der Waals surface area contributed by atoms with E-state index in [1.807, 2.05) is 4.90 Å². The number of nitrogens with zero attached hydrogens (tertiary/aromatic N) is 4. The van der Waals surface area contributed by atoms with Crippen LogP contribution in [0.25, 0.3) is 0 Å². The van der Waals surface area contributed by atoms with Gasteiger partial charge in [0.05, 0.1) is 0 Å². The van der Waals surface area contributed by atoms with E-state index < -0.39 is 18.0 Å². The van der Waals surface area contributed by atoms with E-state index in [9.17, 15) is 9.59 Å². The summed E-state index contributed by atoms with van der Waals surface area (Å²) in [5, 5.41) is 18.2. The first-order valence-corrected chi connectivity index (χ1v) is 13.7. The minimum Gasteiger partial charge on any atom is -0.340 e. The van der Waals surface area contributed by atoms with Gasteiger partial charge in [0.25, 0.3) is 0 Å². The molecule has 2 amide bonds. The number of aromatic amines is 1. The fourth-order valence-electron chi connectivity index (χ4n) is 5.18. The van der Waals surface area contributed by atoms with Crippen molar-refractivity contribution in [3.63, 3.8) is 0 Å². The highest BCUT2D eigenvalue weighted by atomic mass is 35.5. The molecule has 0 bridgehead atoms.